The smallest absolute Gasteiger partial charge is 0.225 e. The van der Waals surface area contributed by atoms with Crippen molar-refractivity contribution in [2.75, 3.05) is 13.7 Å². The first-order valence-corrected chi connectivity index (χ1v) is 7.06. The zero-order valence-electron chi connectivity index (χ0n) is 12.2. The van der Waals surface area contributed by atoms with Crippen molar-refractivity contribution in [3.8, 4) is 5.75 Å². The maximum atomic E-state index is 12.2. The van der Waals surface area contributed by atoms with E-state index >= 15 is 0 Å². The summed E-state index contributed by atoms with van der Waals surface area (Å²) in [5.41, 5.74) is 3.61. The summed E-state index contributed by atoms with van der Waals surface area (Å²) in [7, 11) is 1.68. The van der Waals surface area contributed by atoms with Gasteiger partial charge >= 0.3 is 0 Å². The van der Waals surface area contributed by atoms with Gasteiger partial charge in [-0.1, -0.05) is 13.8 Å². The molecule has 0 aliphatic carbocycles. The Kier molecular flexibility index (Phi) is 3.16. The predicted molar refractivity (Wildman–Crippen MR) is 78.8 cm³/mol. The SMILES string of the molecule is COc1ccc2[nH]c3c(c2c1)CN(C(=O)C(C)C)CC3. The zero-order valence-corrected chi connectivity index (χ0v) is 12.2. The molecule has 1 aliphatic rings. The lowest BCUT2D eigenvalue weighted by molar-refractivity contribution is -0.135. The molecule has 3 rings (SSSR count). The number of aromatic nitrogens is 1. The van der Waals surface area contributed by atoms with Gasteiger partial charge in [-0.05, 0) is 18.2 Å². The van der Waals surface area contributed by atoms with Crippen molar-refractivity contribution in [2.24, 2.45) is 5.92 Å². The molecule has 20 heavy (non-hydrogen) atoms. The molecule has 0 unspecified atom stereocenters. The van der Waals surface area contributed by atoms with Crippen LogP contribution in [0.5, 0.6) is 5.75 Å². The number of carbonyl (C=O) groups is 1. The van der Waals surface area contributed by atoms with E-state index in [-0.39, 0.29) is 11.8 Å². The van der Waals surface area contributed by atoms with Gasteiger partial charge < -0.3 is 14.6 Å². The summed E-state index contributed by atoms with van der Waals surface area (Å²) in [5, 5.41) is 1.17. The molecule has 1 aromatic carbocycles. The highest BCUT2D eigenvalue weighted by Gasteiger charge is 2.25. The van der Waals surface area contributed by atoms with Gasteiger partial charge in [0.05, 0.1) is 7.11 Å². The van der Waals surface area contributed by atoms with E-state index in [1.54, 1.807) is 7.11 Å². The topological polar surface area (TPSA) is 45.3 Å². The molecule has 4 heteroatoms. The molecule has 0 spiro atoms. The highest BCUT2D eigenvalue weighted by atomic mass is 16.5. The second-order valence-electron chi connectivity index (χ2n) is 5.66. The van der Waals surface area contributed by atoms with Gasteiger partial charge in [0.2, 0.25) is 5.91 Å². The number of H-pyrrole nitrogens is 1. The van der Waals surface area contributed by atoms with E-state index < -0.39 is 0 Å². The van der Waals surface area contributed by atoms with E-state index in [1.165, 1.54) is 16.6 Å². The molecule has 0 fully saturated rings. The average molecular weight is 272 g/mol. The van der Waals surface area contributed by atoms with Gasteiger partial charge in [0.25, 0.3) is 0 Å². The third-order valence-corrected chi connectivity index (χ3v) is 3.99. The average Bonchev–Trinajstić information content (AvgIpc) is 2.82. The van der Waals surface area contributed by atoms with E-state index in [9.17, 15) is 4.79 Å². The molecule has 1 aliphatic heterocycles. The molecule has 4 nitrogen and oxygen atoms in total. The van der Waals surface area contributed by atoms with Crippen molar-refractivity contribution in [3.63, 3.8) is 0 Å². The molecule has 0 saturated heterocycles. The number of methoxy groups -OCH3 is 1. The molecule has 2 aromatic rings. The molecule has 0 bridgehead atoms. The van der Waals surface area contributed by atoms with Crippen LogP contribution in [0.25, 0.3) is 10.9 Å². The summed E-state index contributed by atoms with van der Waals surface area (Å²) in [6.45, 7) is 5.40. The third kappa shape index (κ3) is 2.05. The Balaban J connectivity index is 2.00. The van der Waals surface area contributed by atoms with Crippen molar-refractivity contribution >= 4 is 16.8 Å². The highest BCUT2D eigenvalue weighted by Crippen LogP contribution is 2.30. The van der Waals surface area contributed by atoms with Crippen molar-refractivity contribution in [1.82, 2.24) is 9.88 Å². The van der Waals surface area contributed by atoms with Gasteiger partial charge in [-0.2, -0.15) is 0 Å². The van der Waals surface area contributed by atoms with Crippen LogP contribution in [0.4, 0.5) is 0 Å². The Morgan fingerprint density at radius 3 is 2.90 bits per heavy atom. The van der Waals surface area contributed by atoms with Crippen LogP contribution in [0.3, 0.4) is 0 Å². The van der Waals surface area contributed by atoms with Crippen molar-refractivity contribution in [1.29, 1.82) is 0 Å². The van der Waals surface area contributed by atoms with Crippen molar-refractivity contribution in [3.05, 3.63) is 29.5 Å². The molecule has 1 aromatic heterocycles. The van der Waals surface area contributed by atoms with Crippen LogP contribution in [-0.4, -0.2) is 29.4 Å². The highest BCUT2D eigenvalue weighted by molar-refractivity contribution is 5.87. The number of hydrogen-bond acceptors (Lipinski definition) is 2. The van der Waals surface area contributed by atoms with Crippen LogP contribution in [0.1, 0.15) is 25.1 Å². The zero-order chi connectivity index (χ0) is 14.3. The molecule has 0 saturated carbocycles. The second kappa shape index (κ2) is 4.85. The summed E-state index contributed by atoms with van der Waals surface area (Å²) in [5.74, 6) is 1.13. The Bertz CT molecular complexity index is 658. The fraction of sp³-hybridized carbons (Fsp3) is 0.438. The summed E-state index contributed by atoms with van der Waals surface area (Å²) in [6, 6.07) is 6.05. The molecular weight excluding hydrogens is 252 g/mol. The largest absolute Gasteiger partial charge is 0.497 e. The van der Waals surface area contributed by atoms with E-state index in [4.69, 9.17) is 4.74 Å². The summed E-state index contributed by atoms with van der Waals surface area (Å²) in [4.78, 5) is 17.6. The number of aromatic amines is 1. The van der Waals surface area contributed by atoms with Crippen molar-refractivity contribution < 1.29 is 9.53 Å². The minimum absolute atomic E-state index is 0.0521. The van der Waals surface area contributed by atoms with Crippen molar-refractivity contribution in [2.45, 2.75) is 26.8 Å². The fourth-order valence-corrected chi connectivity index (χ4v) is 2.87. The Hall–Kier alpha value is -1.97. The quantitative estimate of drug-likeness (QED) is 0.913. The first-order valence-electron chi connectivity index (χ1n) is 7.06. The normalized spacial score (nSPS) is 14.7. The van der Waals surface area contributed by atoms with Crippen LogP contribution in [0.15, 0.2) is 18.2 Å². The second-order valence-corrected chi connectivity index (χ2v) is 5.66. The lowest BCUT2D eigenvalue weighted by Gasteiger charge is -2.28. The molecule has 0 atom stereocenters. The number of benzene rings is 1. The van der Waals surface area contributed by atoms with Crippen LogP contribution < -0.4 is 4.74 Å². The predicted octanol–water partition coefficient (Wildman–Crippen LogP) is 2.72. The molecule has 2 heterocycles. The maximum Gasteiger partial charge on any atom is 0.225 e. The summed E-state index contributed by atoms with van der Waals surface area (Å²) < 4.78 is 5.30. The standard InChI is InChI=1S/C16H20N2O2/c1-10(2)16(19)18-7-6-15-13(9-18)12-8-11(20-3)4-5-14(12)17-15/h4-5,8,10,17H,6-7,9H2,1-3H3. The Labute approximate surface area is 118 Å². The maximum absolute atomic E-state index is 12.2. The van der Waals surface area contributed by atoms with E-state index in [0.717, 1.165) is 24.2 Å². The van der Waals surface area contributed by atoms with E-state index in [1.807, 2.05) is 36.9 Å². The molecular formula is C16H20N2O2. The Morgan fingerprint density at radius 1 is 1.40 bits per heavy atom. The number of ether oxygens (including phenoxy) is 1. The first-order chi connectivity index (χ1) is 9.60. The lowest BCUT2D eigenvalue weighted by atomic mass is 10.0. The van der Waals surface area contributed by atoms with Gasteiger partial charge in [-0.25, -0.2) is 0 Å². The lowest BCUT2D eigenvalue weighted by Crippen LogP contribution is -2.38. The number of nitrogens with zero attached hydrogens (tertiary/aromatic N) is 1. The minimum atomic E-state index is 0.0521. The monoisotopic (exact) mass is 272 g/mol. The summed E-state index contributed by atoms with van der Waals surface area (Å²) in [6.07, 6.45) is 0.894. The minimum Gasteiger partial charge on any atom is -0.497 e. The first kappa shape index (κ1) is 13.0. The molecule has 106 valence electrons. The number of amides is 1. The van der Waals surface area contributed by atoms with Crippen LogP contribution >= 0.6 is 0 Å². The third-order valence-electron chi connectivity index (χ3n) is 3.99. The molecule has 0 radical (unpaired) electrons. The van der Waals surface area contributed by atoms with Crippen LogP contribution in [0.2, 0.25) is 0 Å². The van der Waals surface area contributed by atoms with Gasteiger partial charge in [-0.15, -0.1) is 0 Å². The number of nitrogens with one attached hydrogen (secondary N) is 1. The van der Waals surface area contributed by atoms with Crippen LogP contribution in [0, 0.1) is 5.92 Å². The Morgan fingerprint density at radius 2 is 2.20 bits per heavy atom. The van der Waals surface area contributed by atoms with E-state index in [2.05, 4.69) is 4.98 Å². The summed E-state index contributed by atoms with van der Waals surface area (Å²) >= 11 is 0. The van der Waals surface area contributed by atoms with Gasteiger partial charge in [-0.3, -0.25) is 4.79 Å². The number of hydrogen-bond donors (Lipinski definition) is 1. The molecule has 1 N–H and O–H groups in total. The molecule has 1 amide bonds. The van der Waals surface area contributed by atoms with Gasteiger partial charge in [0.15, 0.2) is 0 Å². The number of rotatable bonds is 2. The number of carbonyl (C=O) groups excluding carboxylic acids is 1. The van der Waals surface area contributed by atoms with Gasteiger partial charge in [0, 0.05) is 47.6 Å². The van der Waals surface area contributed by atoms with Gasteiger partial charge in [0.1, 0.15) is 5.75 Å². The van der Waals surface area contributed by atoms with E-state index in [0.29, 0.717) is 6.54 Å². The number of fused-ring (bicyclic) bond motifs is 3. The fourth-order valence-electron chi connectivity index (χ4n) is 2.87. The van der Waals surface area contributed by atoms with Crippen LogP contribution in [-0.2, 0) is 17.8 Å².